The van der Waals surface area contributed by atoms with Crippen molar-refractivity contribution in [2.45, 2.75) is 56.9 Å². The Bertz CT molecular complexity index is 399. The fourth-order valence-electron chi connectivity index (χ4n) is 5.00. The fraction of sp³-hybridized carbons (Fsp3) is 1.00. The van der Waals surface area contributed by atoms with Gasteiger partial charge in [0, 0.05) is 11.4 Å². The third-order valence-corrected chi connectivity index (χ3v) is 7.04. The van der Waals surface area contributed by atoms with Gasteiger partial charge >= 0.3 is 0 Å². The van der Waals surface area contributed by atoms with Crippen molar-refractivity contribution in [2.24, 2.45) is 17.8 Å². The average molecular weight is 306 g/mol. The molecule has 4 aliphatic rings. The van der Waals surface area contributed by atoms with Gasteiger partial charge in [-0.05, 0) is 69.1 Å². The van der Waals surface area contributed by atoms with E-state index >= 15 is 0 Å². The molecule has 0 aromatic carbocycles. The van der Waals surface area contributed by atoms with Gasteiger partial charge in [-0.25, -0.2) is 13.1 Å². The van der Waals surface area contributed by atoms with Crippen LogP contribution in [-0.4, -0.2) is 25.6 Å². The van der Waals surface area contributed by atoms with Crippen molar-refractivity contribution in [3.63, 3.8) is 0 Å². The molecule has 0 unspecified atom stereocenters. The summed E-state index contributed by atoms with van der Waals surface area (Å²) < 4.78 is 27.6. The van der Waals surface area contributed by atoms with E-state index in [1.165, 1.54) is 19.3 Å². The molecule has 4 fully saturated rings. The molecule has 4 aliphatic carbocycles. The smallest absolute Gasteiger partial charge is 0.212 e. The zero-order valence-corrected chi connectivity index (χ0v) is 13.0. The summed E-state index contributed by atoms with van der Waals surface area (Å²) in [4.78, 5) is 0. The molecule has 19 heavy (non-hydrogen) atoms. The standard InChI is InChI=1S/C14H24ClNO2S/c15-3-1-2-4-19(17,18)16-14-8-11-5-12(9-14)7-13(6-11)10-14/h11-13,16H,1-10H2. The van der Waals surface area contributed by atoms with E-state index in [1.54, 1.807) is 0 Å². The van der Waals surface area contributed by atoms with Crippen molar-refractivity contribution in [2.75, 3.05) is 11.6 Å². The SMILES string of the molecule is O=S(=O)(CCCCCl)NC12CC3CC(CC(C3)C1)C2. The predicted molar refractivity (Wildman–Crippen MR) is 77.8 cm³/mol. The summed E-state index contributed by atoms with van der Waals surface area (Å²) >= 11 is 5.61. The first-order valence-electron chi connectivity index (χ1n) is 7.58. The Labute approximate surface area is 121 Å². The van der Waals surface area contributed by atoms with Gasteiger partial charge in [-0.1, -0.05) is 0 Å². The minimum atomic E-state index is -3.13. The summed E-state index contributed by atoms with van der Waals surface area (Å²) in [5.74, 6) is 3.11. The van der Waals surface area contributed by atoms with Gasteiger partial charge in [0.05, 0.1) is 5.75 Å². The Kier molecular flexibility index (Phi) is 3.87. The first-order valence-corrected chi connectivity index (χ1v) is 9.77. The molecular weight excluding hydrogens is 282 g/mol. The van der Waals surface area contributed by atoms with Gasteiger partial charge in [-0.2, -0.15) is 0 Å². The maximum atomic E-state index is 12.2. The molecule has 110 valence electrons. The van der Waals surface area contributed by atoms with E-state index in [4.69, 9.17) is 11.6 Å². The monoisotopic (exact) mass is 305 g/mol. The number of hydrogen-bond acceptors (Lipinski definition) is 2. The maximum Gasteiger partial charge on any atom is 0.212 e. The van der Waals surface area contributed by atoms with Crippen LogP contribution >= 0.6 is 11.6 Å². The van der Waals surface area contributed by atoms with Crippen LogP contribution in [-0.2, 0) is 10.0 Å². The van der Waals surface area contributed by atoms with Crippen LogP contribution in [0.1, 0.15) is 51.4 Å². The number of halogens is 1. The highest BCUT2D eigenvalue weighted by molar-refractivity contribution is 7.89. The topological polar surface area (TPSA) is 46.2 Å². The Balaban J connectivity index is 1.65. The van der Waals surface area contributed by atoms with E-state index in [0.29, 0.717) is 12.3 Å². The molecule has 0 atom stereocenters. The summed E-state index contributed by atoms with van der Waals surface area (Å²) in [7, 11) is -3.13. The summed E-state index contributed by atoms with van der Waals surface area (Å²) in [5.41, 5.74) is -0.0887. The minimum Gasteiger partial charge on any atom is -0.212 e. The highest BCUT2D eigenvalue weighted by Crippen LogP contribution is 2.55. The summed E-state index contributed by atoms with van der Waals surface area (Å²) in [6.45, 7) is 0. The second-order valence-corrected chi connectivity index (χ2v) is 9.23. The second kappa shape index (κ2) is 5.19. The third-order valence-electron chi connectivity index (χ3n) is 5.21. The van der Waals surface area contributed by atoms with E-state index in [2.05, 4.69) is 4.72 Å². The fourth-order valence-corrected chi connectivity index (χ4v) is 6.79. The van der Waals surface area contributed by atoms with E-state index in [1.807, 2.05) is 0 Å². The highest BCUT2D eigenvalue weighted by Gasteiger charge is 2.52. The minimum absolute atomic E-state index is 0.0887. The van der Waals surface area contributed by atoms with E-state index in [0.717, 1.165) is 43.4 Å². The van der Waals surface area contributed by atoms with Gasteiger partial charge in [0.1, 0.15) is 0 Å². The Morgan fingerprint density at radius 1 is 1.00 bits per heavy atom. The zero-order chi connectivity index (χ0) is 13.5. The average Bonchev–Trinajstić information content (AvgIpc) is 2.25. The molecule has 0 saturated heterocycles. The lowest BCUT2D eigenvalue weighted by molar-refractivity contribution is -0.00809. The highest BCUT2D eigenvalue weighted by atomic mass is 35.5. The van der Waals surface area contributed by atoms with Gasteiger partial charge in [-0.15, -0.1) is 11.6 Å². The molecule has 1 N–H and O–H groups in total. The summed E-state index contributed by atoms with van der Waals surface area (Å²) in [5, 5.41) is 0. The first kappa shape index (κ1) is 14.2. The lowest BCUT2D eigenvalue weighted by Gasteiger charge is -2.56. The van der Waals surface area contributed by atoms with Gasteiger partial charge in [0.2, 0.25) is 10.0 Å². The van der Waals surface area contributed by atoms with Crippen LogP contribution in [0.3, 0.4) is 0 Å². The zero-order valence-electron chi connectivity index (χ0n) is 11.4. The maximum absolute atomic E-state index is 12.2. The van der Waals surface area contributed by atoms with Crippen LogP contribution in [0, 0.1) is 17.8 Å². The van der Waals surface area contributed by atoms with Crippen molar-refractivity contribution < 1.29 is 8.42 Å². The number of hydrogen-bond donors (Lipinski definition) is 1. The van der Waals surface area contributed by atoms with Crippen LogP contribution in [0.4, 0.5) is 0 Å². The molecule has 0 heterocycles. The van der Waals surface area contributed by atoms with Gasteiger partial charge in [-0.3, -0.25) is 0 Å². The molecule has 0 aromatic heterocycles. The lowest BCUT2D eigenvalue weighted by Crippen LogP contribution is -2.60. The Morgan fingerprint density at radius 2 is 1.53 bits per heavy atom. The van der Waals surface area contributed by atoms with Gasteiger partial charge < -0.3 is 0 Å². The van der Waals surface area contributed by atoms with Crippen LogP contribution in [0.15, 0.2) is 0 Å². The number of nitrogens with one attached hydrogen (secondary N) is 1. The lowest BCUT2D eigenvalue weighted by atomic mass is 9.53. The van der Waals surface area contributed by atoms with E-state index < -0.39 is 10.0 Å². The molecule has 0 aliphatic heterocycles. The Hall–Kier alpha value is 0.200. The van der Waals surface area contributed by atoms with Crippen molar-refractivity contribution in [3.8, 4) is 0 Å². The van der Waals surface area contributed by atoms with E-state index in [9.17, 15) is 8.42 Å². The van der Waals surface area contributed by atoms with Crippen molar-refractivity contribution in [1.29, 1.82) is 0 Å². The first-order chi connectivity index (χ1) is 9.00. The molecule has 0 amide bonds. The third kappa shape index (κ3) is 3.11. The Morgan fingerprint density at radius 3 is 2.00 bits per heavy atom. The molecule has 3 nitrogen and oxygen atoms in total. The van der Waals surface area contributed by atoms with Crippen molar-refractivity contribution >= 4 is 21.6 Å². The molecule has 4 saturated carbocycles. The molecule has 4 bridgehead atoms. The summed E-state index contributed by atoms with van der Waals surface area (Å²) in [6, 6.07) is 0. The summed E-state index contributed by atoms with van der Waals surface area (Å²) in [6.07, 6.45) is 8.71. The van der Waals surface area contributed by atoms with Crippen LogP contribution in [0.25, 0.3) is 0 Å². The normalized spacial score (nSPS) is 40.8. The molecular formula is C14H24ClNO2S. The predicted octanol–water partition coefficient (Wildman–Crippen LogP) is 2.89. The molecule has 0 radical (unpaired) electrons. The number of sulfonamides is 1. The van der Waals surface area contributed by atoms with Crippen molar-refractivity contribution in [1.82, 2.24) is 4.72 Å². The van der Waals surface area contributed by atoms with Crippen LogP contribution in [0.2, 0.25) is 0 Å². The quantitative estimate of drug-likeness (QED) is 0.606. The van der Waals surface area contributed by atoms with Gasteiger partial charge in [0.25, 0.3) is 0 Å². The van der Waals surface area contributed by atoms with Crippen LogP contribution in [0.5, 0.6) is 0 Å². The number of rotatable bonds is 6. The molecule has 5 heteroatoms. The van der Waals surface area contributed by atoms with Crippen LogP contribution < -0.4 is 4.72 Å². The number of alkyl halides is 1. The van der Waals surface area contributed by atoms with Crippen molar-refractivity contribution in [3.05, 3.63) is 0 Å². The second-order valence-electron chi connectivity index (χ2n) is 7.01. The van der Waals surface area contributed by atoms with E-state index in [-0.39, 0.29) is 11.3 Å². The van der Waals surface area contributed by atoms with Gasteiger partial charge in [0.15, 0.2) is 0 Å². The molecule has 0 aromatic rings. The largest absolute Gasteiger partial charge is 0.212 e. The number of unbranched alkanes of at least 4 members (excludes halogenated alkanes) is 1. The molecule has 0 spiro atoms. The molecule has 4 rings (SSSR count).